The number of benzene rings is 2. The van der Waals surface area contributed by atoms with Crippen molar-refractivity contribution in [3.63, 3.8) is 0 Å². The van der Waals surface area contributed by atoms with Crippen LogP contribution in [0.25, 0.3) is 6.08 Å². The molecular weight excluding hydrogens is 473 g/mol. The molecule has 0 bridgehead atoms. The molecule has 3 aromatic rings. The summed E-state index contributed by atoms with van der Waals surface area (Å²) in [5, 5.41) is 12.0. The number of hydrogen-bond acceptors (Lipinski definition) is 7. The predicted molar refractivity (Wildman–Crippen MR) is 128 cm³/mol. The number of esters is 1. The highest BCUT2D eigenvalue weighted by atomic mass is 32.1. The number of methoxy groups -OCH3 is 1. The van der Waals surface area contributed by atoms with E-state index in [1.807, 2.05) is 6.07 Å². The van der Waals surface area contributed by atoms with Gasteiger partial charge in [0.1, 0.15) is 34.8 Å². The summed E-state index contributed by atoms with van der Waals surface area (Å²) >= 11 is 0.820. The number of nitrogens with zero attached hydrogens (tertiary/aromatic N) is 1. The Hall–Kier alpha value is -4.49. The molecule has 0 radical (unpaired) electrons. The highest BCUT2D eigenvalue weighted by Gasteiger charge is 2.26. The molecule has 178 valence electrons. The van der Waals surface area contributed by atoms with Crippen molar-refractivity contribution < 1.29 is 28.2 Å². The Morgan fingerprint density at radius 1 is 1.17 bits per heavy atom. The van der Waals surface area contributed by atoms with E-state index < -0.39 is 17.8 Å². The summed E-state index contributed by atoms with van der Waals surface area (Å²) < 4.78 is 24.0. The smallest absolute Gasteiger partial charge is 0.341 e. The Kier molecular flexibility index (Phi) is 7.96. The quantitative estimate of drug-likeness (QED) is 0.275. The first-order valence-corrected chi connectivity index (χ1v) is 11.0. The molecule has 0 aliphatic carbocycles. The van der Waals surface area contributed by atoms with E-state index in [1.54, 1.807) is 42.5 Å². The van der Waals surface area contributed by atoms with Crippen LogP contribution in [0.4, 0.5) is 9.39 Å². The van der Waals surface area contributed by atoms with E-state index in [9.17, 15) is 24.0 Å². The Balaban J connectivity index is 1.76. The fourth-order valence-corrected chi connectivity index (χ4v) is 4.15. The fraction of sp³-hybridized carbons (Fsp3) is 0.120. The van der Waals surface area contributed by atoms with Crippen molar-refractivity contribution in [1.29, 1.82) is 5.26 Å². The molecule has 0 fully saturated rings. The van der Waals surface area contributed by atoms with E-state index in [4.69, 9.17) is 15.2 Å². The number of primary amides is 1. The second kappa shape index (κ2) is 11.1. The number of nitrogens with one attached hydrogen (secondary N) is 1. The maximum atomic E-state index is 13.7. The van der Waals surface area contributed by atoms with Crippen LogP contribution in [0.5, 0.6) is 5.75 Å². The van der Waals surface area contributed by atoms with Gasteiger partial charge in [-0.05, 0) is 42.3 Å². The van der Waals surface area contributed by atoms with Crippen LogP contribution in [0, 0.1) is 24.1 Å². The van der Waals surface area contributed by atoms with Crippen LogP contribution < -0.4 is 15.8 Å². The summed E-state index contributed by atoms with van der Waals surface area (Å²) in [5.74, 6) is -2.18. The van der Waals surface area contributed by atoms with Gasteiger partial charge in [-0.1, -0.05) is 30.3 Å². The second-order valence-electron chi connectivity index (χ2n) is 7.19. The van der Waals surface area contributed by atoms with E-state index in [-0.39, 0.29) is 39.0 Å². The molecule has 8 nitrogen and oxygen atoms in total. The van der Waals surface area contributed by atoms with Gasteiger partial charge in [0.15, 0.2) is 0 Å². The number of rotatable bonds is 8. The maximum absolute atomic E-state index is 13.7. The van der Waals surface area contributed by atoms with Crippen LogP contribution in [0.15, 0.2) is 54.1 Å². The van der Waals surface area contributed by atoms with Crippen LogP contribution in [-0.4, -0.2) is 24.9 Å². The zero-order valence-corrected chi connectivity index (χ0v) is 19.6. The fourth-order valence-electron chi connectivity index (χ4n) is 3.11. The summed E-state index contributed by atoms with van der Waals surface area (Å²) in [5.41, 5.74) is 6.31. The number of carbonyl (C=O) groups is 3. The number of hydrogen-bond donors (Lipinski definition) is 2. The lowest BCUT2D eigenvalue weighted by Gasteiger charge is -2.08. The van der Waals surface area contributed by atoms with Gasteiger partial charge in [0.2, 0.25) is 0 Å². The molecule has 3 N–H and O–H groups in total. The highest BCUT2D eigenvalue weighted by molar-refractivity contribution is 7.18. The molecule has 3 rings (SSSR count). The monoisotopic (exact) mass is 493 g/mol. The lowest BCUT2D eigenvalue weighted by atomic mass is 10.1. The minimum Gasteiger partial charge on any atom is -0.489 e. The first-order valence-electron chi connectivity index (χ1n) is 10.2. The van der Waals surface area contributed by atoms with Crippen molar-refractivity contribution in [2.45, 2.75) is 13.5 Å². The molecule has 0 saturated heterocycles. The van der Waals surface area contributed by atoms with Crippen LogP contribution in [-0.2, 0) is 16.1 Å². The average molecular weight is 494 g/mol. The normalized spacial score (nSPS) is 10.9. The van der Waals surface area contributed by atoms with Gasteiger partial charge in [-0.3, -0.25) is 9.59 Å². The van der Waals surface area contributed by atoms with Crippen molar-refractivity contribution in [2.24, 2.45) is 5.73 Å². The predicted octanol–water partition coefficient (Wildman–Crippen LogP) is 4.21. The SMILES string of the molecule is COC(=O)c1c(NC(=O)/C(C#N)=C/c2ccc(OCc3ccccc3F)cc2)sc(C(N)=O)c1C. The molecule has 1 aromatic heterocycles. The van der Waals surface area contributed by atoms with Crippen molar-refractivity contribution in [3.05, 3.63) is 87.1 Å². The minimum absolute atomic E-state index is 0.00621. The number of amides is 2. The van der Waals surface area contributed by atoms with Gasteiger partial charge in [-0.2, -0.15) is 5.26 Å². The Bertz CT molecular complexity index is 1360. The molecule has 0 atom stereocenters. The average Bonchev–Trinajstić information content (AvgIpc) is 3.18. The van der Waals surface area contributed by atoms with E-state index in [0.29, 0.717) is 16.9 Å². The zero-order chi connectivity index (χ0) is 25.5. The van der Waals surface area contributed by atoms with Crippen LogP contribution in [0.1, 0.15) is 36.7 Å². The van der Waals surface area contributed by atoms with E-state index in [1.165, 1.54) is 26.2 Å². The number of carbonyl (C=O) groups excluding carboxylic acids is 3. The first kappa shape index (κ1) is 25.1. The third-order valence-corrected chi connectivity index (χ3v) is 6.12. The van der Waals surface area contributed by atoms with Gasteiger partial charge in [0, 0.05) is 5.56 Å². The van der Waals surface area contributed by atoms with Crippen molar-refractivity contribution in [2.75, 3.05) is 12.4 Å². The van der Waals surface area contributed by atoms with Gasteiger partial charge in [0.25, 0.3) is 11.8 Å². The molecule has 2 aromatic carbocycles. The van der Waals surface area contributed by atoms with Gasteiger partial charge in [-0.25, -0.2) is 9.18 Å². The lowest BCUT2D eigenvalue weighted by Crippen LogP contribution is -2.15. The standard InChI is InChI=1S/C25H20FN3O5S/c1-14-20(25(32)33-2)24(35-21(14)22(28)30)29-23(31)17(12-27)11-15-7-9-18(10-8-15)34-13-16-5-3-4-6-19(16)26/h3-11H,13H2,1-2H3,(H2,28,30)(H,29,31)/b17-11+. The molecule has 0 aliphatic heterocycles. The Morgan fingerprint density at radius 2 is 1.86 bits per heavy atom. The Labute approximate surface area is 204 Å². The number of nitriles is 1. The molecule has 2 amide bonds. The van der Waals surface area contributed by atoms with Gasteiger partial charge in [0.05, 0.1) is 17.6 Å². The first-order chi connectivity index (χ1) is 16.7. The van der Waals surface area contributed by atoms with Gasteiger partial charge < -0.3 is 20.5 Å². The number of thiophene rings is 1. The molecule has 0 saturated carbocycles. The highest BCUT2D eigenvalue weighted by Crippen LogP contribution is 2.33. The molecule has 0 aliphatic rings. The molecule has 0 unspecified atom stereocenters. The Morgan fingerprint density at radius 3 is 2.46 bits per heavy atom. The third-order valence-electron chi connectivity index (χ3n) is 4.90. The van der Waals surface area contributed by atoms with Gasteiger partial charge in [-0.15, -0.1) is 11.3 Å². The van der Waals surface area contributed by atoms with Crippen molar-refractivity contribution in [1.82, 2.24) is 0 Å². The van der Waals surface area contributed by atoms with E-state index >= 15 is 0 Å². The van der Waals surface area contributed by atoms with Crippen LogP contribution in [0.3, 0.4) is 0 Å². The number of nitrogens with two attached hydrogens (primary N) is 1. The lowest BCUT2D eigenvalue weighted by molar-refractivity contribution is -0.112. The molecule has 35 heavy (non-hydrogen) atoms. The summed E-state index contributed by atoms with van der Waals surface area (Å²) in [6.45, 7) is 1.55. The van der Waals surface area contributed by atoms with Gasteiger partial charge >= 0.3 is 5.97 Å². The van der Waals surface area contributed by atoms with E-state index in [0.717, 1.165) is 11.3 Å². The van der Waals surface area contributed by atoms with Crippen molar-refractivity contribution >= 4 is 40.2 Å². The number of halogens is 1. The summed E-state index contributed by atoms with van der Waals surface area (Å²) in [6, 6.07) is 14.6. The van der Waals surface area contributed by atoms with Crippen LogP contribution in [0.2, 0.25) is 0 Å². The van der Waals surface area contributed by atoms with Crippen LogP contribution >= 0.6 is 11.3 Å². The second-order valence-corrected chi connectivity index (χ2v) is 8.21. The molecular formula is C25H20FN3O5S. The van der Waals surface area contributed by atoms with Crippen molar-refractivity contribution in [3.8, 4) is 11.8 Å². The topological polar surface area (TPSA) is 132 Å². The molecule has 0 spiro atoms. The van der Waals surface area contributed by atoms with E-state index in [2.05, 4.69) is 5.32 Å². The largest absolute Gasteiger partial charge is 0.489 e. The summed E-state index contributed by atoms with van der Waals surface area (Å²) in [7, 11) is 1.17. The molecule has 1 heterocycles. The number of ether oxygens (including phenoxy) is 2. The number of anilines is 1. The minimum atomic E-state index is -0.783. The zero-order valence-electron chi connectivity index (χ0n) is 18.8. The third kappa shape index (κ3) is 5.90. The molecule has 10 heteroatoms. The maximum Gasteiger partial charge on any atom is 0.341 e. The summed E-state index contributed by atoms with van der Waals surface area (Å²) in [6.07, 6.45) is 1.35. The summed E-state index contributed by atoms with van der Waals surface area (Å²) in [4.78, 5) is 36.7.